The molecule has 1 fully saturated rings. The van der Waals surface area contributed by atoms with E-state index in [0.29, 0.717) is 6.33 Å². The molecule has 0 amide bonds. The molecule has 0 saturated heterocycles. The Morgan fingerprint density at radius 2 is 1.77 bits per heavy atom. The Bertz CT molecular complexity index is 424. The van der Waals surface area contributed by atoms with Gasteiger partial charge >= 0.3 is 0 Å². The molecule has 0 unspecified atom stereocenters. The lowest BCUT2D eigenvalue weighted by molar-refractivity contribution is 0.311. The Morgan fingerprint density at radius 3 is 2.41 bits per heavy atom. The van der Waals surface area contributed by atoms with Gasteiger partial charge in [0, 0.05) is 0 Å². The van der Waals surface area contributed by atoms with Crippen LogP contribution in [0.15, 0.2) is 36.7 Å². The standard InChI is InChI=1S/C21H31F/c1-2-3-4-7-18-9-13-20(14-10-18)21-15-11-19(12-16-21)8-5-6-17-22/h6,9-10,13-14,17,19,21H,2-5,7-8,11-12,15-16H2,1H3/t19-,21-. The molecule has 1 aromatic carbocycles. The van der Waals surface area contributed by atoms with Crippen LogP contribution >= 0.6 is 0 Å². The minimum atomic E-state index is 0.688. The molecule has 122 valence electrons. The predicted molar refractivity (Wildman–Crippen MR) is 93.9 cm³/mol. The van der Waals surface area contributed by atoms with Crippen molar-refractivity contribution in [3.05, 3.63) is 47.8 Å². The van der Waals surface area contributed by atoms with E-state index in [1.165, 1.54) is 62.5 Å². The van der Waals surface area contributed by atoms with Gasteiger partial charge < -0.3 is 0 Å². The number of aryl methyl sites for hydroxylation is 1. The monoisotopic (exact) mass is 302 g/mol. The second kappa shape index (κ2) is 9.82. The zero-order chi connectivity index (χ0) is 15.6. The van der Waals surface area contributed by atoms with Gasteiger partial charge in [-0.3, -0.25) is 0 Å². The third-order valence-electron chi connectivity index (χ3n) is 5.20. The maximum Gasteiger partial charge on any atom is 0.0827 e. The normalized spacial score (nSPS) is 22.3. The molecular weight excluding hydrogens is 271 g/mol. The summed E-state index contributed by atoms with van der Waals surface area (Å²) in [6.07, 6.45) is 14.8. The first-order chi connectivity index (χ1) is 10.8. The third kappa shape index (κ3) is 5.59. The van der Waals surface area contributed by atoms with E-state index in [1.807, 2.05) is 0 Å². The second-order valence-electron chi connectivity index (χ2n) is 6.86. The molecule has 0 atom stereocenters. The van der Waals surface area contributed by atoms with Crippen LogP contribution in [0.2, 0.25) is 0 Å². The molecule has 1 saturated carbocycles. The largest absolute Gasteiger partial charge is 0.216 e. The van der Waals surface area contributed by atoms with Crippen LogP contribution in [-0.4, -0.2) is 0 Å². The van der Waals surface area contributed by atoms with Gasteiger partial charge in [0.15, 0.2) is 0 Å². The van der Waals surface area contributed by atoms with Crippen molar-refractivity contribution in [2.75, 3.05) is 0 Å². The zero-order valence-electron chi connectivity index (χ0n) is 14.1. The molecule has 1 aliphatic rings. The average Bonchev–Trinajstić information content (AvgIpc) is 2.57. The van der Waals surface area contributed by atoms with E-state index < -0.39 is 0 Å². The van der Waals surface area contributed by atoms with Gasteiger partial charge in [0.1, 0.15) is 0 Å². The summed E-state index contributed by atoms with van der Waals surface area (Å²) in [6, 6.07) is 9.39. The second-order valence-corrected chi connectivity index (χ2v) is 6.86. The molecule has 0 radical (unpaired) electrons. The molecule has 0 aliphatic heterocycles. The van der Waals surface area contributed by atoms with Crippen LogP contribution in [0.25, 0.3) is 0 Å². The molecule has 0 N–H and O–H groups in total. The molecular formula is C21H31F. The van der Waals surface area contributed by atoms with E-state index in [-0.39, 0.29) is 0 Å². The van der Waals surface area contributed by atoms with Gasteiger partial charge in [0.25, 0.3) is 0 Å². The van der Waals surface area contributed by atoms with Crippen molar-refractivity contribution in [2.45, 2.75) is 77.0 Å². The van der Waals surface area contributed by atoms with Crippen molar-refractivity contribution < 1.29 is 4.39 Å². The molecule has 1 heteroatoms. The summed E-state index contributed by atoms with van der Waals surface area (Å²) in [5.41, 5.74) is 3.02. The third-order valence-corrected chi connectivity index (χ3v) is 5.20. The quantitative estimate of drug-likeness (QED) is 0.455. The maximum atomic E-state index is 12.0. The Hall–Kier alpha value is -1.11. The summed E-state index contributed by atoms with van der Waals surface area (Å²) in [5, 5.41) is 0. The van der Waals surface area contributed by atoms with Crippen LogP contribution in [0, 0.1) is 5.92 Å². The zero-order valence-corrected chi connectivity index (χ0v) is 14.1. The van der Waals surface area contributed by atoms with E-state index >= 15 is 0 Å². The van der Waals surface area contributed by atoms with Crippen LogP contribution in [0.4, 0.5) is 4.39 Å². The van der Waals surface area contributed by atoms with Gasteiger partial charge in [-0.1, -0.05) is 50.1 Å². The van der Waals surface area contributed by atoms with Gasteiger partial charge in [-0.2, -0.15) is 0 Å². The number of unbranched alkanes of at least 4 members (excludes halogenated alkanes) is 2. The van der Waals surface area contributed by atoms with E-state index in [0.717, 1.165) is 24.7 Å². The molecule has 0 spiro atoms. The highest BCUT2D eigenvalue weighted by molar-refractivity contribution is 5.25. The minimum absolute atomic E-state index is 0.688. The van der Waals surface area contributed by atoms with Crippen LogP contribution in [0.3, 0.4) is 0 Å². The molecule has 1 aromatic rings. The maximum absolute atomic E-state index is 12.0. The Labute approximate surface area is 135 Å². The number of rotatable bonds is 8. The van der Waals surface area contributed by atoms with E-state index in [1.54, 1.807) is 6.08 Å². The first-order valence-electron chi connectivity index (χ1n) is 9.17. The SMILES string of the molecule is CCCCCc1ccc([C@H]2CC[C@H](CCC=CF)CC2)cc1. The Balaban J connectivity index is 1.76. The number of allylic oxidation sites excluding steroid dienone is 1. The van der Waals surface area contributed by atoms with E-state index in [9.17, 15) is 4.39 Å². The van der Waals surface area contributed by atoms with Crippen molar-refractivity contribution in [3.63, 3.8) is 0 Å². The molecule has 22 heavy (non-hydrogen) atoms. The highest BCUT2D eigenvalue weighted by Crippen LogP contribution is 2.37. The van der Waals surface area contributed by atoms with E-state index in [2.05, 4.69) is 31.2 Å². The Morgan fingerprint density at radius 1 is 1.05 bits per heavy atom. The lowest BCUT2D eigenvalue weighted by Crippen LogP contribution is -2.13. The summed E-state index contributed by atoms with van der Waals surface area (Å²) >= 11 is 0. The minimum Gasteiger partial charge on any atom is -0.216 e. The molecule has 0 aromatic heterocycles. The van der Waals surface area contributed by atoms with Gasteiger partial charge in [0.05, 0.1) is 6.33 Å². The number of halogens is 1. The summed E-state index contributed by atoms with van der Waals surface area (Å²) in [4.78, 5) is 0. The number of benzene rings is 1. The molecule has 0 nitrogen and oxygen atoms in total. The molecule has 2 rings (SSSR count). The molecule has 0 heterocycles. The van der Waals surface area contributed by atoms with Crippen molar-refractivity contribution in [2.24, 2.45) is 5.92 Å². The number of hydrogen-bond donors (Lipinski definition) is 0. The molecule has 1 aliphatic carbocycles. The summed E-state index contributed by atoms with van der Waals surface area (Å²) < 4.78 is 12.0. The lowest BCUT2D eigenvalue weighted by Gasteiger charge is -2.28. The average molecular weight is 302 g/mol. The fraction of sp³-hybridized carbons (Fsp3) is 0.619. The summed E-state index contributed by atoms with van der Waals surface area (Å²) in [7, 11) is 0. The van der Waals surface area contributed by atoms with Gasteiger partial charge in [-0.05, 0) is 74.3 Å². The van der Waals surface area contributed by atoms with Crippen LogP contribution in [-0.2, 0) is 6.42 Å². The van der Waals surface area contributed by atoms with Crippen LogP contribution < -0.4 is 0 Å². The lowest BCUT2D eigenvalue weighted by atomic mass is 9.77. The van der Waals surface area contributed by atoms with Crippen molar-refractivity contribution in [1.29, 1.82) is 0 Å². The smallest absolute Gasteiger partial charge is 0.0827 e. The van der Waals surface area contributed by atoms with Crippen molar-refractivity contribution >= 4 is 0 Å². The fourth-order valence-electron chi connectivity index (χ4n) is 3.71. The van der Waals surface area contributed by atoms with Crippen molar-refractivity contribution in [3.8, 4) is 0 Å². The van der Waals surface area contributed by atoms with Crippen LogP contribution in [0.5, 0.6) is 0 Å². The predicted octanol–water partition coefficient (Wildman–Crippen LogP) is 6.96. The topological polar surface area (TPSA) is 0 Å². The van der Waals surface area contributed by atoms with Gasteiger partial charge in [-0.15, -0.1) is 0 Å². The highest BCUT2D eigenvalue weighted by atomic mass is 19.1. The summed E-state index contributed by atoms with van der Waals surface area (Å²) in [5.74, 6) is 1.55. The van der Waals surface area contributed by atoms with Crippen LogP contribution in [0.1, 0.15) is 81.8 Å². The first kappa shape index (κ1) is 17.2. The van der Waals surface area contributed by atoms with Crippen molar-refractivity contribution in [1.82, 2.24) is 0 Å². The van der Waals surface area contributed by atoms with Gasteiger partial charge in [-0.25, -0.2) is 4.39 Å². The first-order valence-corrected chi connectivity index (χ1v) is 9.17. The van der Waals surface area contributed by atoms with E-state index in [4.69, 9.17) is 0 Å². The van der Waals surface area contributed by atoms with Gasteiger partial charge in [0.2, 0.25) is 0 Å². The summed E-state index contributed by atoms with van der Waals surface area (Å²) in [6.45, 7) is 2.26. The molecule has 0 bridgehead atoms. The fourth-order valence-corrected chi connectivity index (χ4v) is 3.71. The number of hydrogen-bond acceptors (Lipinski definition) is 0. The highest BCUT2D eigenvalue weighted by Gasteiger charge is 2.21. The Kier molecular flexibility index (Phi) is 7.70.